The molecule has 5 saturated carbocycles. The first kappa shape index (κ1) is 59.7. The van der Waals surface area contributed by atoms with Crippen molar-refractivity contribution in [1.29, 1.82) is 0 Å². The maximum Gasteiger partial charge on any atom is 0.325 e. The summed E-state index contributed by atoms with van der Waals surface area (Å²) < 4.78 is 9.27. The van der Waals surface area contributed by atoms with Crippen LogP contribution in [0.15, 0.2) is 60.7 Å². The minimum Gasteiger partial charge on any atom is -0.468 e. The van der Waals surface area contributed by atoms with Crippen LogP contribution < -0.4 is 0 Å². The smallest absolute Gasteiger partial charge is 0.325 e. The molecule has 0 radical (unpaired) electrons. The molecule has 0 heterocycles. The van der Waals surface area contributed by atoms with Crippen LogP contribution in [0, 0.1) is 47.3 Å². The van der Waals surface area contributed by atoms with Crippen LogP contribution in [-0.4, -0.2) is 227 Å². The summed E-state index contributed by atoms with van der Waals surface area (Å²) in [5.74, 6) is -7.39. The highest BCUT2D eigenvalue weighted by Crippen LogP contribution is 2.88. The largest absolute Gasteiger partial charge is 0.468 e. The molecule has 430 valence electrons. The minimum absolute atomic E-state index is 0.0137. The zero-order valence-electron chi connectivity index (χ0n) is 47.1. The summed E-state index contributed by atoms with van der Waals surface area (Å²) in [6.45, 7) is 3.97. The normalized spacial score (nSPS) is 25.1. The number of aliphatic hydroxyl groups is 2. The summed E-state index contributed by atoms with van der Waals surface area (Å²) in [6, 6.07) is 17.2. The summed E-state index contributed by atoms with van der Waals surface area (Å²) in [4.78, 5) is 145. The molecule has 8 amide bonds. The lowest BCUT2D eigenvalue weighted by molar-refractivity contribution is -0.221. The number of carbonyl (C=O) groups is 10. The number of methoxy groups -OCH3 is 2. The molecule has 6 unspecified atom stereocenters. The van der Waals surface area contributed by atoms with Gasteiger partial charge in [0, 0.05) is 53.4 Å². The molecule has 0 aliphatic heterocycles. The summed E-state index contributed by atoms with van der Waals surface area (Å²) in [6.07, 6.45) is 0.0753. The number of hydrogen-bond donors (Lipinski definition) is 2. The van der Waals surface area contributed by atoms with E-state index in [2.05, 4.69) is 9.47 Å². The van der Waals surface area contributed by atoms with E-state index in [1.807, 2.05) is 60.7 Å². The number of amides is 8. The van der Waals surface area contributed by atoms with E-state index in [0.29, 0.717) is 0 Å². The van der Waals surface area contributed by atoms with Crippen LogP contribution >= 0.6 is 0 Å². The number of benzene rings is 2. The van der Waals surface area contributed by atoms with Gasteiger partial charge in [-0.25, -0.2) is 0 Å². The molecule has 5 fully saturated rings. The molecule has 7 rings (SSSR count). The third-order valence-corrected chi connectivity index (χ3v) is 17.6. The van der Waals surface area contributed by atoms with Gasteiger partial charge in [-0.3, -0.25) is 47.9 Å². The van der Waals surface area contributed by atoms with Gasteiger partial charge in [-0.15, -0.1) is 0 Å². The Labute approximate surface area is 461 Å². The van der Waals surface area contributed by atoms with Crippen molar-refractivity contribution in [3.63, 3.8) is 0 Å². The lowest BCUT2D eigenvalue weighted by atomic mass is 9.50. The maximum atomic E-state index is 14.9. The van der Waals surface area contributed by atoms with Crippen molar-refractivity contribution in [2.75, 3.05) is 94.8 Å². The molecule has 22 nitrogen and oxygen atoms in total. The van der Waals surface area contributed by atoms with Crippen molar-refractivity contribution in [3.8, 4) is 0 Å². The van der Waals surface area contributed by atoms with Gasteiger partial charge in [-0.2, -0.15) is 0 Å². The van der Waals surface area contributed by atoms with E-state index in [1.54, 1.807) is 27.7 Å². The number of nitrogens with zero attached hydrogens (tertiary/aromatic N) is 8. The number of carbonyl (C=O) groups excluding carboxylic acids is 10. The van der Waals surface area contributed by atoms with Crippen LogP contribution in [0.1, 0.15) is 58.1 Å². The van der Waals surface area contributed by atoms with Gasteiger partial charge in [-0.1, -0.05) is 60.7 Å². The van der Waals surface area contributed by atoms with Gasteiger partial charge in [0.1, 0.15) is 39.3 Å². The van der Waals surface area contributed by atoms with Gasteiger partial charge in [0.2, 0.25) is 47.3 Å². The molecule has 5 aliphatic rings. The van der Waals surface area contributed by atoms with Crippen molar-refractivity contribution >= 4 is 59.2 Å². The van der Waals surface area contributed by atoms with Gasteiger partial charge in [0.05, 0.1) is 51.4 Å². The second kappa shape index (κ2) is 24.2. The lowest BCUT2D eigenvalue weighted by Crippen LogP contribution is -2.66. The molecular weight excluding hydrogens is 1020 g/mol. The number of likely N-dealkylation sites (N-methyl/N-ethyl adjacent to an activating group) is 4. The first-order valence-corrected chi connectivity index (χ1v) is 27.0. The van der Waals surface area contributed by atoms with E-state index in [1.165, 1.54) is 62.0 Å². The number of hydrogen-bond acceptors (Lipinski definition) is 14. The minimum atomic E-state index is -1.56. The molecule has 2 aromatic rings. The number of rotatable bonds is 26. The second-order valence-corrected chi connectivity index (χ2v) is 23.0. The lowest BCUT2D eigenvalue weighted by Gasteiger charge is -2.57. The monoisotopic (exact) mass is 1100 g/mol. The molecule has 0 aromatic heterocycles. The van der Waals surface area contributed by atoms with E-state index in [0.717, 1.165) is 37.1 Å². The van der Waals surface area contributed by atoms with Crippen LogP contribution in [0.5, 0.6) is 0 Å². The molecule has 10 atom stereocenters. The Morgan fingerprint density at radius 3 is 1.09 bits per heavy atom. The third kappa shape index (κ3) is 12.1. The average Bonchev–Trinajstić information content (AvgIpc) is 1.81. The first-order valence-electron chi connectivity index (χ1n) is 27.0. The Kier molecular flexibility index (Phi) is 18.3. The molecule has 79 heavy (non-hydrogen) atoms. The van der Waals surface area contributed by atoms with E-state index in [4.69, 9.17) is 0 Å². The quantitative estimate of drug-likeness (QED) is 0.121. The van der Waals surface area contributed by atoms with Crippen molar-refractivity contribution in [2.24, 2.45) is 47.3 Å². The van der Waals surface area contributed by atoms with E-state index < -0.39 is 132 Å². The van der Waals surface area contributed by atoms with Gasteiger partial charge >= 0.3 is 11.9 Å². The number of fused-ring (bicyclic) bond motifs is 2. The SMILES string of the molecule is COC(=O)CN(C)C(=O)CN(C)C(=O)CN(C(=O)CN(Cc1ccccc1)C(=O)C[C@@]1(O)C2C3C4C2[C@@](O)(CC(=O)N(CC(=O)N(CC(=O)N(C)CC(=O)N(C)CC(=O)OC)C(C)C)Cc2ccccc2)C2C1[C@H]3C[C@H]42)C(C)C. The first-order chi connectivity index (χ1) is 37.2. The van der Waals surface area contributed by atoms with Crippen molar-refractivity contribution in [3.05, 3.63) is 71.8 Å². The van der Waals surface area contributed by atoms with Crippen LogP contribution in [0.2, 0.25) is 0 Å². The summed E-state index contributed by atoms with van der Waals surface area (Å²) in [5, 5.41) is 26.2. The van der Waals surface area contributed by atoms with Crippen LogP contribution in [0.4, 0.5) is 0 Å². The fraction of sp³-hybridized carbons (Fsp3) is 0.614. The van der Waals surface area contributed by atoms with Crippen molar-refractivity contribution in [2.45, 2.75) is 83.3 Å². The third-order valence-electron chi connectivity index (χ3n) is 17.6. The fourth-order valence-corrected chi connectivity index (χ4v) is 13.9. The Morgan fingerprint density at radius 1 is 0.456 bits per heavy atom. The molecule has 2 N–H and O–H groups in total. The Balaban J connectivity index is 1.06. The van der Waals surface area contributed by atoms with Gasteiger partial charge < -0.3 is 58.9 Å². The summed E-state index contributed by atoms with van der Waals surface area (Å²) in [7, 11) is 8.04. The predicted octanol–water partition coefficient (Wildman–Crippen LogP) is 0.328. The standard InChI is InChI=1S/C57H78N8O14/c1-34(2)64(30-44(70)58(5)26-42(68)60(7)32-48(74)78-9)46(72)28-62(24-36-17-13-11-14-18-36)40(66)22-56(76)52-38-21-39-51-50(38)54(56)55(51)57(77,53(39)52)23-41(67)63(25-37-19-15-12-16-20-37)29-47(73)65(35(3)4)31-45(71)59(6)27-43(69)61(8)33-49(75)79-10/h11-20,34-35,38-39,50-55,76-77H,21-33H2,1-10H3/t38-,39+,50?,51?,52?,53?,54?,55?,56-,57+. The Morgan fingerprint density at radius 2 is 0.772 bits per heavy atom. The van der Waals surface area contributed by atoms with E-state index >= 15 is 0 Å². The van der Waals surface area contributed by atoms with Crippen molar-refractivity contribution < 1.29 is 67.6 Å². The Hall–Kier alpha value is -6.94. The molecular formula is C57H78N8O14. The molecule has 2 aromatic carbocycles. The topological polar surface area (TPSA) is 256 Å². The summed E-state index contributed by atoms with van der Waals surface area (Å²) in [5.41, 5.74) is -1.66. The number of ether oxygens (including phenoxy) is 2. The van der Waals surface area contributed by atoms with Gasteiger partial charge in [0.25, 0.3) is 0 Å². The van der Waals surface area contributed by atoms with E-state index in [-0.39, 0.29) is 75.8 Å². The Bertz CT molecular complexity index is 2480. The maximum absolute atomic E-state index is 14.9. The highest BCUT2D eigenvalue weighted by atomic mass is 16.5. The molecule has 0 saturated heterocycles. The van der Waals surface area contributed by atoms with Crippen LogP contribution in [0.25, 0.3) is 0 Å². The highest BCUT2D eigenvalue weighted by molar-refractivity contribution is 5.92. The molecule has 22 heteroatoms. The zero-order chi connectivity index (χ0) is 58.0. The second-order valence-electron chi connectivity index (χ2n) is 23.0. The van der Waals surface area contributed by atoms with E-state index in [9.17, 15) is 58.2 Å². The van der Waals surface area contributed by atoms with Crippen LogP contribution in [0.3, 0.4) is 0 Å². The number of esters is 2. The highest BCUT2D eigenvalue weighted by Gasteiger charge is 2.90. The average molecular weight is 1100 g/mol. The fourth-order valence-electron chi connectivity index (χ4n) is 13.9. The molecule has 0 spiro atoms. The van der Waals surface area contributed by atoms with Crippen molar-refractivity contribution in [1.82, 2.24) is 39.2 Å². The summed E-state index contributed by atoms with van der Waals surface area (Å²) >= 11 is 0. The zero-order valence-corrected chi connectivity index (χ0v) is 47.1. The predicted molar refractivity (Wildman–Crippen MR) is 284 cm³/mol. The van der Waals surface area contributed by atoms with Gasteiger partial charge in [-0.05, 0) is 92.6 Å². The molecule has 2 bridgehead atoms. The molecule has 5 aliphatic carbocycles. The van der Waals surface area contributed by atoms with Gasteiger partial charge in [0.15, 0.2) is 0 Å². The van der Waals surface area contributed by atoms with Crippen LogP contribution in [-0.2, 0) is 70.5 Å².